The number of nitrogens with zero attached hydrogens (tertiary/aromatic N) is 1. The minimum absolute atomic E-state index is 0.00462. The third-order valence-corrected chi connectivity index (χ3v) is 6.49. The molecular formula is C25H24N2O3S. The van der Waals surface area contributed by atoms with Gasteiger partial charge in [0.15, 0.2) is 0 Å². The molecule has 0 aliphatic carbocycles. The number of rotatable bonds is 5. The van der Waals surface area contributed by atoms with E-state index in [0.29, 0.717) is 30.1 Å². The number of carbonyl (C=O) groups is 2. The average Bonchev–Trinajstić information content (AvgIpc) is 3.27. The first kappa shape index (κ1) is 20.9. The van der Waals surface area contributed by atoms with Crippen LogP contribution in [0.5, 0.6) is 5.75 Å². The van der Waals surface area contributed by atoms with Crippen molar-refractivity contribution in [3.63, 3.8) is 0 Å². The Labute approximate surface area is 186 Å². The van der Waals surface area contributed by atoms with E-state index >= 15 is 0 Å². The molecule has 1 aliphatic rings. The fraction of sp³-hybridized carbons (Fsp3) is 0.200. The maximum atomic E-state index is 13.2. The average molecular weight is 433 g/mol. The molecule has 5 nitrogen and oxygen atoms in total. The highest BCUT2D eigenvalue weighted by Crippen LogP contribution is 2.27. The summed E-state index contributed by atoms with van der Waals surface area (Å²) in [7, 11) is 1.60. The van der Waals surface area contributed by atoms with Crippen molar-refractivity contribution in [1.29, 1.82) is 0 Å². The molecule has 0 unspecified atom stereocenters. The summed E-state index contributed by atoms with van der Waals surface area (Å²) in [4.78, 5) is 28.9. The molecule has 1 aromatic heterocycles. The lowest BCUT2D eigenvalue weighted by Gasteiger charge is -2.28. The van der Waals surface area contributed by atoms with Crippen LogP contribution in [0.3, 0.4) is 0 Å². The zero-order chi connectivity index (χ0) is 21.8. The van der Waals surface area contributed by atoms with Crippen LogP contribution in [-0.4, -0.2) is 30.4 Å². The molecule has 0 bridgehead atoms. The molecule has 2 heterocycles. The molecule has 3 aromatic rings. The second-order valence-corrected chi connectivity index (χ2v) is 8.39. The molecule has 6 heteroatoms. The van der Waals surface area contributed by atoms with Crippen LogP contribution in [0.15, 0.2) is 60.0 Å². The zero-order valence-electron chi connectivity index (χ0n) is 17.6. The smallest absolute Gasteiger partial charge is 0.254 e. The van der Waals surface area contributed by atoms with Crippen LogP contribution in [0.4, 0.5) is 5.69 Å². The van der Waals surface area contributed by atoms with E-state index in [2.05, 4.69) is 16.8 Å². The molecule has 0 fully saturated rings. The number of fused-ring (bicyclic) bond motifs is 1. The number of thiophene rings is 1. The van der Waals surface area contributed by atoms with E-state index in [0.717, 1.165) is 17.5 Å². The lowest BCUT2D eigenvalue weighted by Crippen LogP contribution is -2.35. The Balaban J connectivity index is 1.48. The third kappa shape index (κ3) is 4.54. The Morgan fingerprint density at radius 1 is 1.13 bits per heavy atom. The van der Waals surface area contributed by atoms with Gasteiger partial charge in [-0.3, -0.25) is 9.59 Å². The molecule has 1 aliphatic heterocycles. The monoisotopic (exact) mass is 432 g/mol. The molecular weight excluding hydrogens is 408 g/mol. The highest BCUT2D eigenvalue weighted by molar-refractivity contribution is 7.10. The Kier molecular flexibility index (Phi) is 6.18. The fourth-order valence-electron chi connectivity index (χ4n) is 3.74. The van der Waals surface area contributed by atoms with Crippen molar-refractivity contribution in [3.05, 3.63) is 87.1 Å². The van der Waals surface area contributed by atoms with Gasteiger partial charge in [0.1, 0.15) is 5.75 Å². The second-order valence-electron chi connectivity index (χ2n) is 7.39. The van der Waals surface area contributed by atoms with E-state index < -0.39 is 0 Å². The highest BCUT2D eigenvalue weighted by atomic mass is 32.1. The van der Waals surface area contributed by atoms with Gasteiger partial charge >= 0.3 is 0 Å². The zero-order valence-corrected chi connectivity index (χ0v) is 18.4. The molecule has 31 heavy (non-hydrogen) atoms. The summed E-state index contributed by atoms with van der Waals surface area (Å²) in [6.07, 6.45) is 4.07. The Hall–Kier alpha value is -3.38. The van der Waals surface area contributed by atoms with Crippen LogP contribution in [0.25, 0.3) is 6.08 Å². The summed E-state index contributed by atoms with van der Waals surface area (Å²) in [5, 5.41) is 4.97. The van der Waals surface area contributed by atoms with Gasteiger partial charge in [0, 0.05) is 40.9 Å². The highest BCUT2D eigenvalue weighted by Gasteiger charge is 2.24. The third-order valence-electron chi connectivity index (χ3n) is 5.47. The number of benzene rings is 2. The van der Waals surface area contributed by atoms with E-state index in [1.54, 1.807) is 30.6 Å². The number of anilines is 1. The van der Waals surface area contributed by atoms with Crippen LogP contribution in [0.2, 0.25) is 0 Å². The lowest BCUT2D eigenvalue weighted by atomic mass is 10.0. The summed E-state index contributed by atoms with van der Waals surface area (Å²) < 4.78 is 5.31. The van der Waals surface area contributed by atoms with Crippen LogP contribution >= 0.6 is 11.3 Å². The van der Waals surface area contributed by atoms with Crippen LogP contribution in [-0.2, 0) is 17.8 Å². The van der Waals surface area contributed by atoms with Gasteiger partial charge < -0.3 is 15.0 Å². The number of amides is 2. The van der Waals surface area contributed by atoms with Crippen molar-refractivity contribution in [2.75, 3.05) is 19.0 Å². The minimum atomic E-state index is -0.264. The Bertz CT molecular complexity index is 1150. The SMILES string of the molecule is COc1ccccc1/C=C/C(=O)Nc1cccc(C(=O)N2CCc3sccc3C2)c1C. The Morgan fingerprint density at radius 2 is 1.97 bits per heavy atom. The van der Waals surface area contributed by atoms with E-state index in [1.165, 1.54) is 16.5 Å². The van der Waals surface area contributed by atoms with Gasteiger partial charge in [0.2, 0.25) is 5.91 Å². The van der Waals surface area contributed by atoms with Crippen molar-refractivity contribution in [2.24, 2.45) is 0 Å². The van der Waals surface area contributed by atoms with Gasteiger partial charge in [-0.1, -0.05) is 24.3 Å². The number of para-hydroxylation sites is 1. The van der Waals surface area contributed by atoms with Crippen molar-refractivity contribution in [3.8, 4) is 5.75 Å². The molecule has 2 amide bonds. The Morgan fingerprint density at radius 3 is 2.81 bits per heavy atom. The summed E-state index contributed by atoms with van der Waals surface area (Å²) in [5.41, 5.74) is 4.06. The maximum absolute atomic E-state index is 13.2. The normalized spacial score (nSPS) is 13.2. The standard InChI is InChI=1S/C25H24N2O3S/c1-17-20(25(29)27-14-12-23-19(16-27)13-15-31-23)7-5-8-21(17)26-24(28)11-10-18-6-3-4-9-22(18)30-2/h3-11,13,15H,12,14,16H2,1-2H3,(H,26,28)/b11-10+. The number of hydrogen-bond donors (Lipinski definition) is 1. The number of carbonyl (C=O) groups excluding carboxylic acids is 2. The van der Waals surface area contributed by atoms with Gasteiger partial charge in [-0.05, 0) is 60.2 Å². The molecule has 1 N–H and O–H groups in total. The second kappa shape index (κ2) is 9.18. The maximum Gasteiger partial charge on any atom is 0.254 e. The van der Waals surface area contributed by atoms with Gasteiger partial charge in [-0.15, -0.1) is 11.3 Å². The van der Waals surface area contributed by atoms with Crippen LogP contribution < -0.4 is 10.1 Å². The predicted molar refractivity (Wildman–Crippen MR) is 125 cm³/mol. The first-order valence-corrected chi connectivity index (χ1v) is 11.0. The first-order valence-electron chi connectivity index (χ1n) is 10.1. The van der Waals surface area contributed by atoms with E-state index in [-0.39, 0.29) is 11.8 Å². The van der Waals surface area contributed by atoms with Crippen LogP contribution in [0, 0.1) is 6.92 Å². The fourth-order valence-corrected chi connectivity index (χ4v) is 4.63. The van der Waals surface area contributed by atoms with E-state index in [9.17, 15) is 9.59 Å². The molecule has 2 aromatic carbocycles. The molecule has 0 atom stereocenters. The molecule has 0 spiro atoms. The van der Waals surface area contributed by atoms with Crippen LogP contribution in [0.1, 0.15) is 31.9 Å². The van der Waals surface area contributed by atoms with Crippen molar-refractivity contribution in [2.45, 2.75) is 19.9 Å². The van der Waals surface area contributed by atoms with Crippen molar-refractivity contribution >= 4 is 34.9 Å². The van der Waals surface area contributed by atoms with Gasteiger partial charge in [0.05, 0.1) is 7.11 Å². The summed E-state index contributed by atoms with van der Waals surface area (Å²) >= 11 is 1.75. The summed E-state index contributed by atoms with van der Waals surface area (Å²) in [6, 6.07) is 15.0. The predicted octanol–water partition coefficient (Wildman–Crippen LogP) is 4.92. The van der Waals surface area contributed by atoms with E-state index in [4.69, 9.17) is 4.74 Å². The van der Waals surface area contributed by atoms with Crippen molar-refractivity contribution in [1.82, 2.24) is 4.90 Å². The summed E-state index contributed by atoms with van der Waals surface area (Å²) in [6.45, 7) is 3.21. The minimum Gasteiger partial charge on any atom is -0.496 e. The molecule has 4 rings (SSSR count). The molecule has 0 saturated carbocycles. The first-order chi connectivity index (χ1) is 15.1. The van der Waals surface area contributed by atoms with E-state index in [1.807, 2.05) is 48.2 Å². The number of nitrogens with one attached hydrogen (secondary N) is 1. The number of ether oxygens (including phenoxy) is 1. The quantitative estimate of drug-likeness (QED) is 0.583. The topological polar surface area (TPSA) is 58.6 Å². The molecule has 158 valence electrons. The molecule has 0 saturated heterocycles. The van der Waals surface area contributed by atoms with Gasteiger partial charge in [-0.25, -0.2) is 0 Å². The van der Waals surface area contributed by atoms with Crippen molar-refractivity contribution < 1.29 is 14.3 Å². The number of hydrogen-bond acceptors (Lipinski definition) is 4. The summed E-state index contributed by atoms with van der Waals surface area (Å²) in [5.74, 6) is 0.431. The largest absolute Gasteiger partial charge is 0.496 e. The molecule has 0 radical (unpaired) electrons. The lowest BCUT2D eigenvalue weighted by molar-refractivity contribution is -0.111. The van der Waals surface area contributed by atoms with Gasteiger partial charge in [0.25, 0.3) is 5.91 Å². The van der Waals surface area contributed by atoms with Gasteiger partial charge in [-0.2, -0.15) is 0 Å². The number of methoxy groups -OCH3 is 1.